The molecule has 4 heteroatoms. The van der Waals surface area contributed by atoms with Gasteiger partial charge in [0.25, 0.3) is 0 Å². The predicted molar refractivity (Wildman–Crippen MR) is 57.2 cm³/mol. The van der Waals surface area contributed by atoms with Gasteiger partial charge in [-0.1, -0.05) is 13.8 Å². The minimum atomic E-state index is -0.927. The first-order chi connectivity index (χ1) is 6.98. The van der Waals surface area contributed by atoms with E-state index in [1.807, 2.05) is 0 Å². The molecule has 0 bridgehead atoms. The van der Waals surface area contributed by atoms with Crippen LogP contribution in [0, 0.1) is 5.41 Å². The summed E-state index contributed by atoms with van der Waals surface area (Å²) in [4.78, 5) is 16.8. The molecule has 0 aliphatic carbocycles. The first-order valence-corrected chi connectivity index (χ1v) is 4.91. The fourth-order valence-electron chi connectivity index (χ4n) is 1.89. The largest absolute Gasteiger partial charge is 0.478 e. The molecule has 0 saturated carbocycles. The number of carboxylic acids is 1. The van der Waals surface area contributed by atoms with Crippen LogP contribution in [0.4, 0.5) is 5.69 Å². The highest BCUT2D eigenvalue weighted by Gasteiger charge is 2.34. The number of rotatable bonds is 2. The van der Waals surface area contributed by atoms with Crippen LogP contribution in [0.25, 0.3) is 0 Å². The summed E-state index contributed by atoms with van der Waals surface area (Å²) in [5, 5.41) is 8.83. The highest BCUT2D eigenvalue weighted by atomic mass is 16.4. The monoisotopic (exact) mass is 206 g/mol. The van der Waals surface area contributed by atoms with Crippen molar-refractivity contribution in [3.8, 4) is 0 Å². The second-order valence-corrected chi connectivity index (χ2v) is 4.76. The lowest BCUT2D eigenvalue weighted by Crippen LogP contribution is -2.53. The van der Waals surface area contributed by atoms with Crippen molar-refractivity contribution in [1.82, 2.24) is 4.98 Å². The average Bonchev–Trinajstić information content (AvgIpc) is 2.14. The summed E-state index contributed by atoms with van der Waals surface area (Å²) in [6, 6.07) is 1.67. The van der Waals surface area contributed by atoms with Crippen molar-refractivity contribution < 1.29 is 9.90 Å². The van der Waals surface area contributed by atoms with Crippen molar-refractivity contribution in [3.63, 3.8) is 0 Å². The minimum absolute atomic E-state index is 0.247. The summed E-state index contributed by atoms with van der Waals surface area (Å²) < 4.78 is 0. The van der Waals surface area contributed by atoms with Gasteiger partial charge in [-0.3, -0.25) is 4.98 Å². The molecule has 15 heavy (non-hydrogen) atoms. The Morgan fingerprint density at radius 3 is 2.67 bits per heavy atom. The van der Waals surface area contributed by atoms with Gasteiger partial charge >= 0.3 is 5.97 Å². The third kappa shape index (κ3) is 1.93. The molecular weight excluding hydrogens is 192 g/mol. The molecule has 0 aromatic carbocycles. The van der Waals surface area contributed by atoms with E-state index in [0.717, 1.165) is 18.8 Å². The maximum Gasteiger partial charge on any atom is 0.337 e. The second-order valence-electron chi connectivity index (χ2n) is 4.76. The normalized spacial score (nSPS) is 18.4. The number of hydrogen-bond acceptors (Lipinski definition) is 3. The number of hydrogen-bond donors (Lipinski definition) is 1. The Kier molecular flexibility index (Phi) is 2.14. The number of aromatic carboxylic acids is 1. The van der Waals surface area contributed by atoms with Gasteiger partial charge in [-0.25, -0.2) is 4.79 Å². The van der Waals surface area contributed by atoms with Crippen LogP contribution in [0.1, 0.15) is 24.2 Å². The number of pyridine rings is 1. The molecule has 1 fully saturated rings. The first kappa shape index (κ1) is 9.96. The zero-order valence-electron chi connectivity index (χ0n) is 8.90. The van der Waals surface area contributed by atoms with E-state index in [1.165, 1.54) is 6.20 Å². The number of aromatic nitrogens is 1. The molecule has 1 aliphatic rings. The molecular formula is C11H14N2O2. The van der Waals surface area contributed by atoms with E-state index in [0.29, 0.717) is 5.41 Å². The smallest absolute Gasteiger partial charge is 0.337 e. The van der Waals surface area contributed by atoms with Crippen LogP contribution in [0.15, 0.2) is 18.5 Å². The van der Waals surface area contributed by atoms with Crippen molar-refractivity contribution in [1.29, 1.82) is 0 Å². The van der Waals surface area contributed by atoms with E-state index in [2.05, 4.69) is 23.7 Å². The van der Waals surface area contributed by atoms with Gasteiger partial charge < -0.3 is 10.0 Å². The maximum atomic E-state index is 10.8. The van der Waals surface area contributed by atoms with Crippen molar-refractivity contribution in [2.24, 2.45) is 5.41 Å². The molecule has 1 N–H and O–H groups in total. The molecule has 0 atom stereocenters. The Labute approximate surface area is 88.6 Å². The minimum Gasteiger partial charge on any atom is -0.478 e. The summed E-state index contributed by atoms with van der Waals surface area (Å²) in [5.74, 6) is -0.927. The highest BCUT2D eigenvalue weighted by Crippen LogP contribution is 2.33. The highest BCUT2D eigenvalue weighted by molar-refractivity contribution is 5.88. The number of anilines is 1. The van der Waals surface area contributed by atoms with Crippen LogP contribution >= 0.6 is 0 Å². The molecule has 1 aliphatic heterocycles. The number of carbonyl (C=O) groups is 1. The maximum absolute atomic E-state index is 10.8. The molecule has 0 amide bonds. The third-order valence-corrected chi connectivity index (χ3v) is 2.57. The predicted octanol–water partition coefficient (Wildman–Crippen LogP) is 1.63. The lowest BCUT2D eigenvalue weighted by atomic mass is 9.84. The molecule has 0 radical (unpaired) electrons. The van der Waals surface area contributed by atoms with E-state index in [1.54, 1.807) is 12.3 Å². The Morgan fingerprint density at radius 1 is 1.47 bits per heavy atom. The molecule has 2 rings (SSSR count). The van der Waals surface area contributed by atoms with E-state index >= 15 is 0 Å². The Morgan fingerprint density at radius 2 is 2.13 bits per heavy atom. The standard InChI is InChI=1S/C11H14N2O2/c1-11(2)6-13(7-11)9-3-8(10(14)15)4-12-5-9/h3-5H,6-7H2,1-2H3,(H,14,15). The lowest BCUT2D eigenvalue weighted by molar-refractivity contribution is 0.0696. The fourth-order valence-corrected chi connectivity index (χ4v) is 1.89. The Balaban J connectivity index is 2.17. The van der Waals surface area contributed by atoms with E-state index in [4.69, 9.17) is 5.11 Å². The van der Waals surface area contributed by atoms with Crippen molar-refractivity contribution in [2.45, 2.75) is 13.8 Å². The van der Waals surface area contributed by atoms with Crippen LogP contribution in [-0.4, -0.2) is 29.1 Å². The summed E-state index contributed by atoms with van der Waals surface area (Å²) in [6.07, 6.45) is 3.08. The quantitative estimate of drug-likeness (QED) is 0.799. The van der Waals surface area contributed by atoms with Gasteiger partial charge in [0.05, 0.1) is 17.4 Å². The number of nitrogens with zero attached hydrogens (tertiary/aromatic N) is 2. The topological polar surface area (TPSA) is 53.4 Å². The van der Waals surface area contributed by atoms with Gasteiger partial charge in [0, 0.05) is 19.3 Å². The van der Waals surface area contributed by atoms with Gasteiger partial charge in [-0.2, -0.15) is 0 Å². The third-order valence-electron chi connectivity index (χ3n) is 2.57. The van der Waals surface area contributed by atoms with Crippen molar-refractivity contribution in [2.75, 3.05) is 18.0 Å². The summed E-state index contributed by atoms with van der Waals surface area (Å²) in [6.45, 7) is 6.30. The van der Waals surface area contributed by atoms with Gasteiger partial charge in [0.2, 0.25) is 0 Å². The Hall–Kier alpha value is -1.58. The molecule has 1 saturated heterocycles. The van der Waals surface area contributed by atoms with E-state index in [9.17, 15) is 4.79 Å². The van der Waals surface area contributed by atoms with Crippen LogP contribution in [-0.2, 0) is 0 Å². The molecule has 80 valence electrons. The summed E-state index contributed by atoms with van der Waals surface area (Å²) in [5.41, 5.74) is 1.48. The van der Waals surface area contributed by atoms with Gasteiger partial charge in [0.15, 0.2) is 0 Å². The zero-order valence-corrected chi connectivity index (χ0v) is 8.90. The number of carboxylic acid groups (broad SMARTS) is 1. The SMILES string of the molecule is CC1(C)CN(c2cncc(C(=O)O)c2)C1. The van der Waals surface area contributed by atoms with Crippen LogP contribution in [0.5, 0.6) is 0 Å². The van der Waals surface area contributed by atoms with Gasteiger partial charge in [0.1, 0.15) is 0 Å². The molecule has 0 spiro atoms. The van der Waals surface area contributed by atoms with Crippen LogP contribution < -0.4 is 4.90 Å². The van der Waals surface area contributed by atoms with Crippen LogP contribution in [0.2, 0.25) is 0 Å². The fraction of sp³-hybridized carbons (Fsp3) is 0.455. The summed E-state index contributed by atoms with van der Waals surface area (Å²) in [7, 11) is 0. The van der Waals surface area contributed by atoms with Gasteiger partial charge in [-0.05, 0) is 11.5 Å². The average molecular weight is 206 g/mol. The first-order valence-electron chi connectivity index (χ1n) is 4.91. The van der Waals surface area contributed by atoms with E-state index in [-0.39, 0.29) is 5.56 Å². The van der Waals surface area contributed by atoms with Gasteiger partial charge in [-0.15, -0.1) is 0 Å². The lowest BCUT2D eigenvalue weighted by Gasteiger charge is -2.47. The molecule has 1 aromatic rings. The molecule has 0 unspecified atom stereocenters. The van der Waals surface area contributed by atoms with E-state index < -0.39 is 5.97 Å². The molecule has 4 nitrogen and oxygen atoms in total. The zero-order chi connectivity index (χ0) is 11.1. The van der Waals surface area contributed by atoms with Crippen molar-refractivity contribution >= 4 is 11.7 Å². The molecule has 1 aromatic heterocycles. The van der Waals surface area contributed by atoms with Crippen molar-refractivity contribution in [3.05, 3.63) is 24.0 Å². The second kappa shape index (κ2) is 3.22. The summed E-state index contributed by atoms with van der Waals surface area (Å²) >= 11 is 0. The van der Waals surface area contributed by atoms with Crippen LogP contribution in [0.3, 0.4) is 0 Å². The molecule has 2 heterocycles. The Bertz CT molecular complexity index is 393.